The summed E-state index contributed by atoms with van der Waals surface area (Å²) in [7, 11) is 2.20. The molecule has 108 valence electrons. The van der Waals surface area contributed by atoms with Gasteiger partial charge in [-0.25, -0.2) is 0 Å². The molecule has 0 amide bonds. The van der Waals surface area contributed by atoms with Gasteiger partial charge in [0.2, 0.25) is 0 Å². The van der Waals surface area contributed by atoms with Crippen molar-refractivity contribution < 1.29 is 0 Å². The van der Waals surface area contributed by atoms with Crippen molar-refractivity contribution in [2.75, 3.05) is 20.1 Å². The summed E-state index contributed by atoms with van der Waals surface area (Å²) in [5.41, 5.74) is 8.78. The number of nitrogens with two attached hydrogens (primary N) is 1. The van der Waals surface area contributed by atoms with Crippen LogP contribution in [0.5, 0.6) is 0 Å². The molecule has 0 aliphatic rings. The van der Waals surface area contributed by atoms with Crippen molar-refractivity contribution in [1.29, 1.82) is 0 Å². The molecule has 0 aliphatic carbocycles. The number of benzene rings is 1. The van der Waals surface area contributed by atoms with E-state index in [1.807, 2.05) is 0 Å². The fourth-order valence-corrected chi connectivity index (χ4v) is 2.17. The summed E-state index contributed by atoms with van der Waals surface area (Å²) in [6.07, 6.45) is 3.75. The zero-order chi connectivity index (χ0) is 14.3. The number of hydrogen-bond donors (Lipinski definition) is 1. The average Bonchev–Trinajstić information content (AvgIpc) is 2.38. The predicted octanol–water partition coefficient (Wildman–Crippen LogP) is 3.58. The Morgan fingerprint density at radius 1 is 1.11 bits per heavy atom. The first-order valence-corrected chi connectivity index (χ1v) is 7.37. The first-order chi connectivity index (χ1) is 8.93. The number of aryl methyl sites for hydroxylation is 1. The van der Waals surface area contributed by atoms with E-state index in [4.69, 9.17) is 5.73 Å². The van der Waals surface area contributed by atoms with Crippen molar-refractivity contribution in [3.63, 3.8) is 0 Å². The molecule has 0 saturated carbocycles. The van der Waals surface area contributed by atoms with E-state index in [9.17, 15) is 0 Å². The largest absolute Gasteiger partial charge is 0.330 e. The molecule has 0 atom stereocenters. The average molecular weight is 262 g/mol. The predicted molar refractivity (Wildman–Crippen MR) is 84.2 cm³/mol. The van der Waals surface area contributed by atoms with Gasteiger partial charge in [0.1, 0.15) is 0 Å². The van der Waals surface area contributed by atoms with Crippen LogP contribution < -0.4 is 5.73 Å². The first kappa shape index (κ1) is 16.2. The second-order valence-electron chi connectivity index (χ2n) is 6.55. The number of hydrogen-bond acceptors (Lipinski definition) is 2. The summed E-state index contributed by atoms with van der Waals surface area (Å²) in [6.45, 7) is 9.63. The van der Waals surface area contributed by atoms with Crippen LogP contribution in [0.15, 0.2) is 24.3 Å². The summed E-state index contributed by atoms with van der Waals surface area (Å²) in [4.78, 5) is 2.40. The Labute approximate surface area is 119 Å². The quantitative estimate of drug-likeness (QED) is 0.726. The maximum atomic E-state index is 5.75. The van der Waals surface area contributed by atoms with Crippen LogP contribution in [0.2, 0.25) is 0 Å². The highest BCUT2D eigenvalue weighted by molar-refractivity contribution is 5.21. The summed E-state index contributed by atoms with van der Waals surface area (Å²) in [5, 5.41) is 0. The molecule has 0 bridgehead atoms. The Morgan fingerprint density at radius 3 is 2.32 bits per heavy atom. The van der Waals surface area contributed by atoms with E-state index in [1.54, 1.807) is 0 Å². The molecule has 1 aromatic carbocycles. The Hall–Kier alpha value is -0.860. The highest BCUT2D eigenvalue weighted by atomic mass is 15.1. The summed E-state index contributed by atoms with van der Waals surface area (Å²) in [6, 6.07) is 8.83. The van der Waals surface area contributed by atoms with Crippen LogP contribution >= 0.6 is 0 Å². The fourth-order valence-electron chi connectivity index (χ4n) is 2.17. The molecule has 2 heteroatoms. The molecule has 1 aromatic rings. The molecule has 2 N–H and O–H groups in total. The van der Waals surface area contributed by atoms with Crippen molar-refractivity contribution in [3.05, 3.63) is 35.4 Å². The third-order valence-corrected chi connectivity index (χ3v) is 3.77. The Morgan fingerprint density at radius 2 is 1.74 bits per heavy atom. The normalized spacial score (nSPS) is 12.1. The lowest BCUT2D eigenvalue weighted by Crippen LogP contribution is -2.24. The minimum atomic E-state index is 0.301. The van der Waals surface area contributed by atoms with Crippen LogP contribution in [-0.4, -0.2) is 25.0 Å². The smallest absolute Gasteiger partial charge is 0.0230 e. The van der Waals surface area contributed by atoms with Gasteiger partial charge in [0.15, 0.2) is 0 Å². The van der Waals surface area contributed by atoms with Crippen molar-refractivity contribution in [1.82, 2.24) is 4.90 Å². The van der Waals surface area contributed by atoms with Crippen LogP contribution in [0, 0.1) is 12.3 Å². The van der Waals surface area contributed by atoms with E-state index in [-0.39, 0.29) is 0 Å². The number of rotatable bonds is 8. The monoisotopic (exact) mass is 262 g/mol. The van der Waals surface area contributed by atoms with E-state index >= 15 is 0 Å². The van der Waals surface area contributed by atoms with Gasteiger partial charge in [0.05, 0.1) is 0 Å². The zero-order valence-electron chi connectivity index (χ0n) is 13.1. The molecule has 0 unspecified atom stereocenters. The maximum absolute atomic E-state index is 5.75. The molecule has 0 fully saturated rings. The highest BCUT2D eigenvalue weighted by Gasteiger charge is 2.14. The summed E-state index contributed by atoms with van der Waals surface area (Å²) >= 11 is 0. The fraction of sp³-hybridized carbons (Fsp3) is 0.647. The van der Waals surface area contributed by atoms with E-state index in [1.165, 1.54) is 30.4 Å². The van der Waals surface area contributed by atoms with Gasteiger partial charge in [0, 0.05) is 6.54 Å². The van der Waals surface area contributed by atoms with Gasteiger partial charge < -0.3 is 10.6 Å². The molecular formula is C17H30N2. The lowest BCUT2D eigenvalue weighted by atomic mass is 9.87. The van der Waals surface area contributed by atoms with E-state index in [0.717, 1.165) is 19.6 Å². The molecule has 0 saturated heterocycles. The second-order valence-corrected chi connectivity index (χ2v) is 6.55. The molecule has 19 heavy (non-hydrogen) atoms. The third kappa shape index (κ3) is 6.74. The van der Waals surface area contributed by atoms with E-state index in [0.29, 0.717) is 5.41 Å². The van der Waals surface area contributed by atoms with E-state index in [2.05, 4.69) is 57.0 Å². The molecule has 0 spiro atoms. The van der Waals surface area contributed by atoms with Gasteiger partial charge in [-0.15, -0.1) is 0 Å². The van der Waals surface area contributed by atoms with Gasteiger partial charge in [0.25, 0.3) is 0 Å². The van der Waals surface area contributed by atoms with Crippen molar-refractivity contribution in [2.24, 2.45) is 11.1 Å². The van der Waals surface area contributed by atoms with Crippen LogP contribution in [-0.2, 0) is 6.54 Å². The number of unbranched alkanes of at least 4 members (excludes halogenated alkanes) is 1. The Balaban J connectivity index is 2.21. The molecule has 0 heterocycles. The Bertz CT molecular complexity index is 354. The molecular weight excluding hydrogens is 232 g/mol. The zero-order valence-corrected chi connectivity index (χ0v) is 13.1. The molecule has 0 radical (unpaired) electrons. The van der Waals surface area contributed by atoms with Crippen molar-refractivity contribution in [2.45, 2.75) is 46.6 Å². The molecule has 0 aromatic heterocycles. The highest BCUT2D eigenvalue weighted by Crippen LogP contribution is 2.21. The van der Waals surface area contributed by atoms with E-state index < -0.39 is 0 Å². The minimum Gasteiger partial charge on any atom is -0.330 e. The Kier molecular flexibility index (Phi) is 6.53. The lowest BCUT2D eigenvalue weighted by Gasteiger charge is -2.23. The van der Waals surface area contributed by atoms with Gasteiger partial charge in [-0.1, -0.05) is 50.1 Å². The SMILES string of the molecule is Cc1ccc(CN(C)CCCCC(C)(C)CN)cc1. The van der Waals surface area contributed by atoms with Gasteiger partial charge >= 0.3 is 0 Å². The molecule has 2 nitrogen and oxygen atoms in total. The van der Waals surface area contributed by atoms with Crippen molar-refractivity contribution >= 4 is 0 Å². The van der Waals surface area contributed by atoms with Crippen LogP contribution in [0.25, 0.3) is 0 Å². The summed E-state index contributed by atoms with van der Waals surface area (Å²) < 4.78 is 0. The van der Waals surface area contributed by atoms with Crippen molar-refractivity contribution in [3.8, 4) is 0 Å². The minimum absolute atomic E-state index is 0.301. The van der Waals surface area contributed by atoms with Gasteiger partial charge in [-0.05, 0) is 50.9 Å². The van der Waals surface area contributed by atoms with Crippen LogP contribution in [0.4, 0.5) is 0 Å². The second kappa shape index (κ2) is 7.66. The van der Waals surface area contributed by atoms with Gasteiger partial charge in [-0.2, -0.15) is 0 Å². The molecule has 0 aliphatic heterocycles. The maximum Gasteiger partial charge on any atom is 0.0230 e. The standard InChI is InChI=1S/C17H30N2/c1-15-7-9-16(10-8-15)13-19(4)12-6-5-11-17(2,3)14-18/h7-10H,5-6,11-14,18H2,1-4H3. The third-order valence-electron chi connectivity index (χ3n) is 3.77. The van der Waals surface area contributed by atoms with Crippen LogP contribution in [0.1, 0.15) is 44.2 Å². The lowest BCUT2D eigenvalue weighted by molar-refractivity contribution is 0.289. The number of nitrogens with zero attached hydrogens (tertiary/aromatic N) is 1. The summed E-state index contributed by atoms with van der Waals surface area (Å²) in [5.74, 6) is 0. The van der Waals surface area contributed by atoms with Crippen LogP contribution in [0.3, 0.4) is 0 Å². The topological polar surface area (TPSA) is 29.3 Å². The van der Waals surface area contributed by atoms with Gasteiger partial charge in [-0.3, -0.25) is 0 Å². The first-order valence-electron chi connectivity index (χ1n) is 7.37. The molecule has 1 rings (SSSR count).